The lowest BCUT2D eigenvalue weighted by atomic mass is 9.95. The van der Waals surface area contributed by atoms with Crippen LogP contribution in [0, 0.1) is 0 Å². The lowest BCUT2D eigenvalue weighted by molar-refractivity contribution is 0.353. The van der Waals surface area contributed by atoms with Crippen LogP contribution >= 0.6 is 0 Å². The van der Waals surface area contributed by atoms with Gasteiger partial charge in [0, 0.05) is 37.3 Å². The third-order valence-electron chi connectivity index (χ3n) is 3.80. The third kappa shape index (κ3) is 2.10. The quantitative estimate of drug-likeness (QED) is 0.933. The van der Waals surface area contributed by atoms with E-state index in [2.05, 4.69) is 37.3 Å². The molecule has 0 unspecified atom stereocenters. The van der Waals surface area contributed by atoms with Crippen molar-refractivity contribution in [3.8, 4) is 16.9 Å². The predicted octanol–water partition coefficient (Wildman–Crippen LogP) is 2.60. The van der Waals surface area contributed by atoms with Gasteiger partial charge in [0.1, 0.15) is 5.75 Å². The van der Waals surface area contributed by atoms with Crippen molar-refractivity contribution in [2.45, 2.75) is 32.7 Å². The van der Waals surface area contributed by atoms with E-state index in [4.69, 9.17) is 10.5 Å². The van der Waals surface area contributed by atoms with Gasteiger partial charge >= 0.3 is 0 Å². The molecule has 4 heteroatoms. The maximum absolute atomic E-state index is 5.87. The summed E-state index contributed by atoms with van der Waals surface area (Å²) >= 11 is 0. The van der Waals surface area contributed by atoms with Gasteiger partial charge in [0.25, 0.3) is 0 Å². The number of ether oxygens (including phenoxy) is 1. The van der Waals surface area contributed by atoms with E-state index in [0.717, 1.165) is 30.0 Å². The maximum atomic E-state index is 5.87. The molecule has 0 atom stereocenters. The Morgan fingerprint density at radius 2 is 2.20 bits per heavy atom. The zero-order valence-electron chi connectivity index (χ0n) is 12.3. The van der Waals surface area contributed by atoms with Gasteiger partial charge in [0.2, 0.25) is 0 Å². The molecule has 0 fully saturated rings. The highest BCUT2D eigenvalue weighted by Gasteiger charge is 2.20. The first kappa shape index (κ1) is 13.2. The summed E-state index contributed by atoms with van der Waals surface area (Å²) in [6, 6.07) is 4.37. The highest BCUT2D eigenvalue weighted by molar-refractivity contribution is 5.70. The van der Waals surface area contributed by atoms with Gasteiger partial charge in [-0.15, -0.1) is 0 Å². The minimum atomic E-state index is 0.400. The van der Waals surface area contributed by atoms with Crippen molar-refractivity contribution in [1.82, 2.24) is 9.78 Å². The molecule has 1 aromatic carbocycles. The minimum Gasteiger partial charge on any atom is -0.493 e. The molecule has 2 aromatic rings. The summed E-state index contributed by atoms with van der Waals surface area (Å²) in [5.41, 5.74) is 11.8. The second-order valence-corrected chi connectivity index (χ2v) is 5.68. The van der Waals surface area contributed by atoms with Crippen LogP contribution in [-0.2, 0) is 20.0 Å². The van der Waals surface area contributed by atoms with Crippen molar-refractivity contribution in [3.63, 3.8) is 0 Å². The average molecular weight is 271 g/mol. The molecule has 0 aliphatic carbocycles. The fraction of sp³-hybridized carbons (Fsp3) is 0.438. The number of fused-ring (bicyclic) bond motifs is 1. The monoisotopic (exact) mass is 271 g/mol. The zero-order valence-corrected chi connectivity index (χ0v) is 12.3. The van der Waals surface area contributed by atoms with Crippen LogP contribution in [0.5, 0.6) is 5.75 Å². The Hall–Kier alpha value is -1.81. The Morgan fingerprint density at radius 1 is 1.40 bits per heavy atom. The van der Waals surface area contributed by atoms with E-state index in [0.29, 0.717) is 12.5 Å². The van der Waals surface area contributed by atoms with Gasteiger partial charge in [0.05, 0.1) is 12.3 Å². The molecule has 0 saturated carbocycles. The first-order valence-electron chi connectivity index (χ1n) is 7.12. The van der Waals surface area contributed by atoms with E-state index in [1.807, 2.05) is 11.7 Å². The third-order valence-corrected chi connectivity index (χ3v) is 3.80. The molecular formula is C16H21N3O. The Labute approximate surface area is 119 Å². The number of aryl methyl sites for hydroxylation is 1. The van der Waals surface area contributed by atoms with E-state index in [-0.39, 0.29) is 0 Å². The van der Waals surface area contributed by atoms with E-state index >= 15 is 0 Å². The fourth-order valence-electron chi connectivity index (χ4n) is 2.85. The van der Waals surface area contributed by atoms with Crippen LogP contribution in [0.4, 0.5) is 0 Å². The van der Waals surface area contributed by atoms with E-state index in [9.17, 15) is 0 Å². The van der Waals surface area contributed by atoms with Crippen molar-refractivity contribution in [2.75, 3.05) is 6.61 Å². The smallest absolute Gasteiger partial charge is 0.127 e. The highest BCUT2D eigenvalue weighted by Crippen LogP contribution is 2.36. The van der Waals surface area contributed by atoms with Crippen LogP contribution in [0.3, 0.4) is 0 Å². The van der Waals surface area contributed by atoms with E-state index < -0.39 is 0 Å². The molecule has 0 spiro atoms. The number of benzene rings is 1. The Bertz CT molecular complexity index is 643. The Kier molecular flexibility index (Phi) is 3.26. The van der Waals surface area contributed by atoms with Crippen LogP contribution in [0.1, 0.15) is 36.6 Å². The van der Waals surface area contributed by atoms with Gasteiger partial charge < -0.3 is 10.5 Å². The van der Waals surface area contributed by atoms with Crippen molar-refractivity contribution >= 4 is 0 Å². The minimum absolute atomic E-state index is 0.400. The van der Waals surface area contributed by atoms with Crippen LogP contribution in [-0.4, -0.2) is 16.4 Å². The molecule has 3 rings (SSSR count). The predicted molar refractivity (Wildman–Crippen MR) is 79.8 cm³/mol. The molecule has 0 radical (unpaired) electrons. The summed E-state index contributed by atoms with van der Waals surface area (Å²) in [4.78, 5) is 0. The summed E-state index contributed by atoms with van der Waals surface area (Å²) in [7, 11) is 1.97. The summed E-state index contributed by atoms with van der Waals surface area (Å²) in [5.74, 6) is 1.39. The van der Waals surface area contributed by atoms with Crippen molar-refractivity contribution < 1.29 is 4.74 Å². The Balaban J connectivity index is 2.16. The average Bonchev–Trinajstić information content (AvgIpc) is 3.03. The van der Waals surface area contributed by atoms with Crippen LogP contribution in [0.2, 0.25) is 0 Å². The Morgan fingerprint density at radius 3 is 2.90 bits per heavy atom. The molecule has 4 nitrogen and oxygen atoms in total. The summed E-state index contributed by atoms with van der Waals surface area (Å²) in [6.45, 7) is 5.61. The molecule has 1 aliphatic heterocycles. The van der Waals surface area contributed by atoms with Crippen molar-refractivity contribution in [2.24, 2.45) is 12.8 Å². The van der Waals surface area contributed by atoms with Gasteiger partial charge in [-0.25, -0.2) is 0 Å². The molecule has 0 amide bonds. The normalized spacial score (nSPS) is 13.7. The lowest BCUT2D eigenvalue weighted by Gasteiger charge is -2.11. The van der Waals surface area contributed by atoms with Gasteiger partial charge in [-0.05, 0) is 29.2 Å². The second-order valence-electron chi connectivity index (χ2n) is 5.68. The number of aromatic nitrogens is 2. The summed E-state index contributed by atoms with van der Waals surface area (Å²) in [6.07, 6.45) is 3.06. The lowest BCUT2D eigenvalue weighted by Crippen LogP contribution is -2.00. The van der Waals surface area contributed by atoms with Crippen molar-refractivity contribution in [1.29, 1.82) is 0 Å². The standard InChI is InChI=1S/C16H21N3O/c1-10(2)15-14(9-19(3)18-15)12-6-11-4-5-20-16(11)13(7-12)8-17/h6-7,9-10H,4-5,8,17H2,1-3H3. The van der Waals surface area contributed by atoms with Crippen LogP contribution < -0.4 is 10.5 Å². The highest BCUT2D eigenvalue weighted by atomic mass is 16.5. The topological polar surface area (TPSA) is 53.1 Å². The molecule has 2 N–H and O–H groups in total. The number of hydrogen-bond acceptors (Lipinski definition) is 3. The van der Waals surface area contributed by atoms with Gasteiger partial charge in [-0.3, -0.25) is 4.68 Å². The maximum Gasteiger partial charge on any atom is 0.127 e. The molecule has 1 aromatic heterocycles. The fourth-order valence-corrected chi connectivity index (χ4v) is 2.85. The number of rotatable bonds is 3. The molecule has 2 heterocycles. The van der Waals surface area contributed by atoms with Crippen molar-refractivity contribution in [3.05, 3.63) is 35.2 Å². The largest absolute Gasteiger partial charge is 0.493 e. The molecule has 0 saturated heterocycles. The molecule has 20 heavy (non-hydrogen) atoms. The zero-order chi connectivity index (χ0) is 14.3. The summed E-state index contributed by atoms with van der Waals surface area (Å²) < 4.78 is 7.58. The number of nitrogens with zero attached hydrogens (tertiary/aromatic N) is 2. The molecule has 1 aliphatic rings. The molecule has 0 bridgehead atoms. The number of nitrogens with two attached hydrogens (primary N) is 1. The van der Waals surface area contributed by atoms with Crippen LogP contribution in [0.15, 0.2) is 18.3 Å². The van der Waals surface area contributed by atoms with Gasteiger partial charge in [-0.2, -0.15) is 5.10 Å². The van der Waals surface area contributed by atoms with Gasteiger partial charge in [0.15, 0.2) is 0 Å². The van der Waals surface area contributed by atoms with E-state index in [1.54, 1.807) is 0 Å². The van der Waals surface area contributed by atoms with Gasteiger partial charge in [-0.1, -0.05) is 13.8 Å². The van der Waals surface area contributed by atoms with Crippen LogP contribution in [0.25, 0.3) is 11.1 Å². The summed E-state index contributed by atoms with van der Waals surface area (Å²) in [5, 5.41) is 4.59. The first-order chi connectivity index (χ1) is 9.60. The SMILES string of the molecule is CC(C)c1nn(C)cc1-c1cc(CN)c2c(c1)CCO2. The number of hydrogen-bond donors (Lipinski definition) is 1. The molecular weight excluding hydrogens is 250 g/mol. The first-order valence-corrected chi connectivity index (χ1v) is 7.12. The van der Waals surface area contributed by atoms with E-state index in [1.165, 1.54) is 16.7 Å². The molecule has 106 valence electrons. The second kappa shape index (κ2) is 4.94.